The molecule has 84 valence electrons. The average molecular weight is 273 g/mol. The zero-order valence-electron chi connectivity index (χ0n) is 8.58. The van der Waals surface area contributed by atoms with Crippen LogP contribution < -0.4 is 0 Å². The minimum atomic E-state index is -0.703. The Bertz CT molecular complexity index is 507. The molecule has 1 aromatic carbocycles. The molecule has 0 bridgehead atoms. The van der Waals surface area contributed by atoms with E-state index in [0.717, 1.165) is 10.4 Å². The van der Waals surface area contributed by atoms with Crippen LogP contribution in [-0.2, 0) is 0 Å². The van der Waals surface area contributed by atoms with E-state index < -0.39 is 6.10 Å². The third-order valence-electron chi connectivity index (χ3n) is 2.31. The van der Waals surface area contributed by atoms with Crippen molar-refractivity contribution in [2.24, 2.45) is 0 Å². The molecule has 0 aliphatic heterocycles. The summed E-state index contributed by atoms with van der Waals surface area (Å²) in [4.78, 5) is 0.802. The Morgan fingerprint density at radius 3 is 2.50 bits per heavy atom. The molecule has 1 nitrogen and oxygen atoms in total. The van der Waals surface area contributed by atoms with Crippen molar-refractivity contribution in [3.05, 3.63) is 55.7 Å². The highest BCUT2D eigenvalue weighted by molar-refractivity contribution is 7.16. The molecule has 1 N–H and O–H groups in total. The second-order valence-corrected chi connectivity index (χ2v) is 5.72. The fourth-order valence-electron chi connectivity index (χ4n) is 1.48. The lowest BCUT2D eigenvalue weighted by molar-refractivity contribution is 0.224. The fourth-order valence-corrected chi connectivity index (χ4v) is 2.89. The van der Waals surface area contributed by atoms with E-state index in [1.807, 2.05) is 31.2 Å². The van der Waals surface area contributed by atoms with Gasteiger partial charge in [-0.05, 0) is 30.7 Å². The highest BCUT2D eigenvalue weighted by Crippen LogP contribution is 2.34. The summed E-state index contributed by atoms with van der Waals surface area (Å²) in [6, 6.07) is 9.20. The number of thiophene rings is 1. The number of aliphatic hydroxyl groups excluding tert-OH is 1. The Hall–Kier alpha value is -0.540. The maximum Gasteiger partial charge on any atom is 0.115 e. The van der Waals surface area contributed by atoms with Crippen molar-refractivity contribution in [2.75, 3.05) is 0 Å². The molecule has 0 saturated heterocycles. The second kappa shape index (κ2) is 4.76. The lowest BCUT2D eigenvalue weighted by atomic mass is 10.1. The summed E-state index contributed by atoms with van der Waals surface area (Å²) >= 11 is 13.3. The Balaban J connectivity index is 2.37. The molecule has 0 aliphatic rings. The molecule has 0 aliphatic carbocycles. The Morgan fingerprint density at radius 1 is 1.19 bits per heavy atom. The van der Waals surface area contributed by atoms with Crippen LogP contribution in [0.1, 0.15) is 22.1 Å². The number of aryl methyl sites for hydroxylation is 1. The first-order valence-electron chi connectivity index (χ1n) is 4.77. The molecule has 2 aromatic rings. The number of rotatable bonds is 2. The molecule has 4 heteroatoms. The van der Waals surface area contributed by atoms with Crippen molar-refractivity contribution >= 4 is 34.5 Å². The number of halogens is 2. The monoisotopic (exact) mass is 272 g/mol. The number of hydrogen-bond acceptors (Lipinski definition) is 2. The molecule has 0 radical (unpaired) electrons. The van der Waals surface area contributed by atoms with Crippen LogP contribution in [0.4, 0.5) is 0 Å². The zero-order valence-corrected chi connectivity index (χ0v) is 10.9. The van der Waals surface area contributed by atoms with Crippen molar-refractivity contribution in [1.29, 1.82) is 0 Å². The van der Waals surface area contributed by atoms with E-state index in [1.54, 1.807) is 6.07 Å². The smallest absolute Gasteiger partial charge is 0.115 e. The van der Waals surface area contributed by atoms with Crippen LogP contribution in [0.2, 0.25) is 9.36 Å². The summed E-state index contributed by atoms with van der Waals surface area (Å²) in [5.41, 5.74) is 1.79. The van der Waals surface area contributed by atoms with Gasteiger partial charge < -0.3 is 5.11 Å². The molecular formula is C12H10Cl2OS. The predicted molar refractivity (Wildman–Crippen MR) is 69.6 cm³/mol. The van der Waals surface area contributed by atoms with Gasteiger partial charge in [0.15, 0.2) is 0 Å². The Morgan fingerprint density at radius 2 is 1.94 bits per heavy atom. The highest BCUT2D eigenvalue weighted by atomic mass is 35.5. The van der Waals surface area contributed by atoms with Crippen LogP contribution in [0.15, 0.2) is 30.3 Å². The molecule has 0 spiro atoms. The summed E-state index contributed by atoms with van der Waals surface area (Å²) in [6.45, 7) is 1.96. The Kier molecular flexibility index (Phi) is 3.55. The van der Waals surface area contributed by atoms with Gasteiger partial charge in [0.25, 0.3) is 0 Å². The van der Waals surface area contributed by atoms with Gasteiger partial charge in [0.1, 0.15) is 6.10 Å². The van der Waals surface area contributed by atoms with Gasteiger partial charge in [-0.1, -0.05) is 35.3 Å². The van der Waals surface area contributed by atoms with Gasteiger partial charge >= 0.3 is 0 Å². The molecule has 2 rings (SSSR count). The van der Waals surface area contributed by atoms with Crippen LogP contribution in [-0.4, -0.2) is 5.11 Å². The quantitative estimate of drug-likeness (QED) is 0.857. The molecule has 0 saturated carbocycles. The lowest BCUT2D eigenvalue weighted by Gasteiger charge is -2.11. The van der Waals surface area contributed by atoms with Gasteiger partial charge in [0.2, 0.25) is 0 Å². The summed E-state index contributed by atoms with van der Waals surface area (Å²) in [7, 11) is 0. The first-order chi connectivity index (χ1) is 7.58. The van der Waals surface area contributed by atoms with Crippen LogP contribution in [0, 0.1) is 6.92 Å². The topological polar surface area (TPSA) is 20.2 Å². The third kappa shape index (κ3) is 2.41. The number of aliphatic hydroxyl groups is 1. The van der Waals surface area contributed by atoms with Gasteiger partial charge in [-0.25, -0.2) is 0 Å². The predicted octanol–water partition coefficient (Wildman–Crippen LogP) is 4.45. The first kappa shape index (κ1) is 11.9. The largest absolute Gasteiger partial charge is 0.383 e. The molecule has 0 amide bonds. The van der Waals surface area contributed by atoms with Crippen molar-refractivity contribution in [1.82, 2.24) is 0 Å². The van der Waals surface area contributed by atoms with Crippen molar-refractivity contribution in [3.8, 4) is 0 Å². The molecular weight excluding hydrogens is 263 g/mol. The van der Waals surface area contributed by atoms with Crippen molar-refractivity contribution < 1.29 is 5.11 Å². The number of benzene rings is 1. The molecule has 1 aromatic heterocycles. The van der Waals surface area contributed by atoms with E-state index in [4.69, 9.17) is 23.2 Å². The van der Waals surface area contributed by atoms with Gasteiger partial charge in [-0.15, -0.1) is 11.3 Å². The number of hydrogen-bond donors (Lipinski definition) is 1. The van der Waals surface area contributed by atoms with Crippen molar-refractivity contribution in [3.63, 3.8) is 0 Å². The molecule has 1 unspecified atom stereocenters. The maximum absolute atomic E-state index is 10.1. The normalized spacial score (nSPS) is 12.8. The molecule has 1 heterocycles. The molecule has 16 heavy (non-hydrogen) atoms. The van der Waals surface area contributed by atoms with Gasteiger partial charge in [-0.2, -0.15) is 0 Å². The summed E-state index contributed by atoms with van der Waals surface area (Å²) < 4.78 is 0.664. The molecule has 1 atom stereocenters. The highest BCUT2D eigenvalue weighted by Gasteiger charge is 2.15. The minimum Gasteiger partial charge on any atom is -0.383 e. The van der Waals surface area contributed by atoms with Crippen LogP contribution in [0.3, 0.4) is 0 Å². The zero-order chi connectivity index (χ0) is 11.7. The van der Waals surface area contributed by atoms with E-state index in [9.17, 15) is 5.11 Å². The van der Waals surface area contributed by atoms with Crippen LogP contribution in [0.5, 0.6) is 0 Å². The summed E-state index contributed by atoms with van der Waals surface area (Å²) in [5.74, 6) is 0. The first-order valence-corrected chi connectivity index (χ1v) is 6.34. The standard InChI is InChI=1S/C12H10Cl2OS/c1-7-2-3-8(9(13)6-7)12(15)10-4-5-11(14)16-10/h2-6,12,15H,1H3. The van der Waals surface area contributed by atoms with E-state index in [1.165, 1.54) is 11.3 Å². The third-order valence-corrected chi connectivity index (χ3v) is 3.92. The summed E-state index contributed by atoms with van der Waals surface area (Å²) in [5, 5.41) is 10.7. The fraction of sp³-hybridized carbons (Fsp3) is 0.167. The van der Waals surface area contributed by atoms with Gasteiger partial charge in [0, 0.05) is 15.5 Å². The lowest BCUT2D eigenvalue weighted by Crippen LogP contribution is -1.98. The van der Waals surface area contributed by atoms with Gasteiger partial charge in [-0.3, -0.25) is 0 Å². The van der Waals surface area contributed by atoms with Crippen molar-refractivity contribution in [2.45, 2.75) is 13.0 Å². The Labute approximate surface area is 108 Å². The minimum absolute atomic E-state index is 0.581. The molecule has 0 fully saturated rings. The average Bonchev–Trinajstić information content (AvgIpc) is 2.64. The van der Waals surface area contributed by atoms with Crippen LogP contribution >= 0.6 is 34.5 Å². The second-order valence-electron chi connectivity index (χ2n) is 3.57. The van der Waals surface area contributed by atoms with E-state index in [0.29, 0.717) is 14.9 Å². The van der Waals surface area contributed by atoms with E-state index in [2.05, 4.69) is 0 Å². The summed E-state index contributed by atoms with van der Waals surface area (Å²) in [6.07, 6.45) is -0.703. The van der Waals surface area contributed by atoms with Gasteiger partial charge in [0.05, 0.1) is 4.34 Å². The van der Waals surface area contributed by atoms with E-state index >= 15 is 0 Å². The van der Waals surface area contributed by atoms with E-state index in [-0.39, 0.29) is 0 Å². The van der Waals surface area contributed by atoms with Crippen LogP contribution in [0.25, 0.3) is 0 Å². The SMILES string of the molecule is Cc1ccc(C(O)c2ccc(Cl)s2)c(Cl)c1. The maximum atomic E-state index is 10.1.